The molecule has 0 bridgehead atoms. The van der Waals surface area contributed by atoms with Crippen molar-refractivity contribution in [1.29, 1.82) is 0 Å². The normalized spacial score (nSPS) is 23.6. The van der Waals surface area contributed by atoms with Crippen molar-refractivity contribution in [2.24, 2.45) is 0 Å². The van der Waals surface area contributed by atoms with Gasteiger partial charge in [-0.25, -0.2) is 0 Å². The number of hydrogen-bond donors (Lipinski definition) is 2. The largest absolute Gasteiger partial charge is 0.348 e. The predicted molar refractivity (Wildman–Crippen MR) is 81.9 cm³/mol. The number of benzene rings is 1. The summed E-state index contributed by atoms with van der Waals surface area (Å²) < 4.78 is 0.819. The zero-order valence-electron chi connectivity index (χ0n) is 10.6. The minimum atomic E-state index is -0.00887. The Labute approximate surface area is 127 Å². The molecule has 0 aromatic heterocycles. The number of amides is 1. The first-order valence-electron chi connectivity index (χ1n) is 6.67. The molecule has 0 radical (unpaired) electrons. The second kappa shape index (κ2) is 5.46. The summed E-state index contributed by atoms with van der Waals surface area (Å²) in [4.78, 5) is 15.6. The van der Waals surface area contributed by atoms with Crippen molar-refractivity contribution in [2.45, 2.75) is 36.2 Å². The van der Waals surface area contributed by atoms with E-state index >= 15 is 0 Å². The number of hydrogen-bond acceptors (Lipinski definition) is 3. The number of carbonyl (C=O) groups is 1. The lowest BCUT2D eigenvalue weighted by atomic mass is 10.2. The maximum Gasteiger partial charge on any atom is 0.252 e. The molecule has 1 aliphatic carbocycles. The van der Waals surface area contributed by atoms with Crippen molar-refractivity contribution < 1.29 is 4.79 Å². The van der Waals surface area contributed by atoms with Gasteiger partial charge in [-0.2, -0.15) is 0 Å². The molecule has 2 fully saturated rings. The molecule has 1 aliphatic heterocycles. The Hall–Kier alpha value is -0.520. The first kappa shape index (κ1) is 13.5. The van der Waals surface area contributed by atoms with Gasteiger partial charge in [-0.1, -0.05) is 0 Å². The van der Waals surface area contributed by atoms with Gasteiger partial charge in [0.15, 0.2) is 0 Å². The average Bonchev–Trinajstić information content (AvgIpc) is 3.13. The molecule has 3 nitrogen and oxygen atoms in total. The molecule has 1 atom stereocenters. The van der Waals surface area contributed by atoms with E-state index in [-0.39, 0.29) is 11.9 Å². The first-order chi connectivity index (χ1) is 9.13. The molecule has 0 spiro atoms. The lowest BCUT2D eigenvalue weighted by molar-refractivity contribution is 0.0936. The van der Waals surface area contributed by atoms with Crippen LogP contribution in [0, 0.1) is 0 Å². The van der Waals surface area contributed by atoms with Crippen LogP contribution in [0.2, 0.25) is 0 Å². The van der Waals surface area contributed by atoms with E-state index in [0.717, 1.165) is 34.9 Å². The van der Waals surface area contributed by atoms with Crippen molar-refractivity contribution in [3.8, 4) is 0 Å². The van der Waals surface area contributed by atoms with Gasteiger partial charge in [0.25, 0.3) is 5.91 Å². The third-order valence-electron chi connectivity index (χ3n) is 3.81. The van der Waals surface area contributed by atoms with E-state index in [1.807, 2.05) is 12.1 Å². The van der Waals surface area contributed by atoms with Crippen molar-refractivity contribution in [2.75, 3.05) is 13.1 Å². The Bertz CT molecular complexity index is 504. The molecule has 1 saturated carbocycles. The van der Waals surface area contributed by atoms with Crippen LogP contribution in [0.3, 0.4) is 0 Å². The Morgan fingerprint density at radius 3 is 2.89 bits per heavy atom. The minimum absolute atomic E-state index is 0.00887. The fraction of sp³-hybridized carbons (Fsp3) is 0.500. The van der Waals surface area contributed by atoms with Crippen LogP contribution < -0.4 is 5.32 Å². The van der Waals surface area contributed by atoms with Gasteiger partial charge in [-0.3, -0.25) is 9.69 Å². The lowest BCUT2D eigenvalue weighted by Gasteiger charge is -2.16. The minimum Gasteiger partial charge on any atom is -0.348 e. The van der Waals surface area contributed by atoms with Crippen LogP contribution >= 0.6 is 28.6 Å². The van der Waals surface area contributed by atoms with Gasteiger partial charge in [0.2, 0.25) is 0 Å². The second-order valence-electron chi connectivity index (χ2n) is 5.35. The van der Waals surface area contributed by atoms with Gasteiger partial charge in [0.05, 0.1) is 5.56 Å². The van der Waals surface area contributed by atoms with Crippen LogP contribution in [0.1, 0.15) is 29.6 Å². The van der Waals surface area contributed by atoms with Gasteiger partial charge < -0.3 is 5.32 Å². The summed E-state index contributed by atoms with van der Waals surface area (Å²) in [5.74, 6) is -0.00887. The molecule has 1 aromatic carbocycles. The molecular formula is C14H17BrN2OS. The summed E-state index contributed by atoms with van der Waals surface area (Å²) in [5, 5.41) is 3.13. The molecular weight excluding hydrogens is 324 g/mol. The molecule has 102 valence electrons. The van der Waals surface area contributed by atoms with Crippen molar-refractivity contribution in [3.63, 3.8) is 0 Å². The molecule has 3 rings (SSSR count). The van der Waals surface area contributed by atoms with Crippen molar-refractivity contribution >= 4 is 34.5 Å². The second-order valence-corrected chi connectivity index (χ2v) is 6.72. The van der Waals surface area contributed by atoms with Crippen LogP contribution in [0.5, 0.6) is 0 Å². The lowest BCUT2D eigenvalue weighted by Crippen LogP contribution is -2.37. The topological polar surface area (TPSA) is 32.3 Å². The van der Waals surface area contributed by atoms with E-state index in [0.29, 0.717) is 5.56 Å². The molecule has 1 N–H and O–H groups in total. The molecule has 1 unspecified atom stereocenters. The zero-order chi connectivity index (χ0) is 13.4. The molecule has 19 heavy (non-hydrogen) atoms. The number of halogens is 1. The van der Waals surface area contributed by atoms with Gasteiger partial charge in [0, 0.05) is 34.5 Å². The fourth-order valence-corrected chi connectivity index (χ4v) is 3.26. The SMILES string of the molecule is O=C(NC1CCN(C2CC2)C1)c1cc(S)ccc1Br. The van der Waals surface area contributed by atoms with E-state index in [9.17, 15) is 4.79 Å². The monoisotopic (exact) mass is 340 g/mol. The number of nitrogens with zero attached hydrogens (tertiary/aromatic N) is 1. The highest BCUT2D eigenvalue weighted by molar-refractivity contribution is 9.10. The number of thiol groups is 1. The Morgan fingerprint density at radius 2 is 2.16 bits per heavy atom. The Morgan fingerprint density at radius 1 is 1.37 bits per heavy atom. The van der Waals surface area contributed by atoms with Gasteiger partial charge in [-0.05, 0) is 53.4 Å². The summed E-state index contributed by atoms with van der Waals surface area (Å²) in [6.07, 6.45) is 3.71. The van der Waals surface area contributed by atoms with E-state index in [1.54, 1.807) is 6.07 Å². The smallest absolute Gasteiger partial charge is 0.252 e. The summed E-state index contributed by atoms with van der Waals surface area (Å²) >= 11 is 7.71. The van der Waals surface area contributed by atoms with Crippen LogP contribution in [0.25, 0.3) is 0 Å². The highest BCUT2D eigenvalue weighted by Crippen LogP contribution is 2.30. The average molecular weight is 341 g/mol. The van der Waals surface area contributed by atoms with E-state index < -0.39 is 0 Å². The molecule has 5 heteroatoms. The third-order valence-corrected chi connectivity index (χ3v) is 4.78. The molecule has 2 aliphatic rings. The number of likely N-dealkylation sites (tertiary alicyclic amines) is 1. The maximum atomic E-state index is 12.3. The molecule has 1 amide bonds. The highest BCUT2D eigenvalue weighted by Gasteiger charge is 2.34. The van der Waals surface area contributed by atoms with Crippen LogP contribution in [0.4, 0.5) is 0 Å². The van der Waals surface area contributed by atoms with Gasteiger partial charge >= 0.3 is 0 Å². The van der Waals surface area contributed by atoms with Gasteiger partial charge in [0.1, 0.15) is 0 Å². The summed E-state index contributed by atoms with van der Waals surface area (Å²) in [6.45, 7) is 2.11. The Kier molecular flexibility index (Phi) is 3.87. The van der Waals surface area contributed by atoms with E-state index in [4.69, 9.17) is 0 Å². The maximum absolute atomic E-state index is 12.3. The Balaban J connectivity index is 1.63. The predicted octanol–water partition coefficient (Wildman–Crippen LogP) is 2.70. The number of nitrogens with one attached hydrogen (secondary N) is 1. The zero-order valence-corrected chi connectivity index (χ0v) is 13.1. The van der Waals surface area contributed by atoms with Crippen LogP contribution in [-0.2, 0) is 0 Å². The van der Waals surface area contributed by atoms with Gasteiger partial charge in [-0.15, -0.1) is 12.6 Å². The van der Waals surface area contributed by atoms with Crippen LogP contribution in [0.15, 0.2) is 27.6 Å². The van der Waals surface area contributed by atoms with E-state index in [1.165, 1.54) is 12.8 Å². The summed E-state index contributed by atoms with van der Waals surface area (Å²) in [5.41, 5.74) is 0.664. The number of carbonyl (C=O) groups excluding carboxylic acids is 1. The molecule has 1 heterocycles. The highest BCUT2D eigenvalue weighted by atomic mass is 79.9. The quantitative estimate of drug-likeness (QED) is 0.829. The fourth-order valence-electron chi connectivity index (χ4n) is 2.63. The molecule has 1 saturated heterocycles. The van der Waals surface area contributed by atoms with Crippen molar-refractivity contribution in [3.05, 3.63) is 28.2 Å². The first-order valence-corrected chi connectivity index (χ1v) is 7.91. The summed E-state index contributed by atoms with van der Waals surface area (Å²) in [6, 6.07) is 6.60. The van der Waals surface area contributed by atoms with Crippen LogP contribution in [-0.4, -0.2) is 36.0 Å². The number of rotatable bonds is 3. The summed E-state index contributed by atoms with van der Waals surface area (Å²) in [7, 11) is 0. The molecule has 1 aromatic rings. The van der Waals surface area contributed by atoms with E-state index in [2.05, 4.69) is 38.8 Å². The standard InChI is InChI=1S/C14H17BrN2OS/c15-13-4-3-11(19)7-12(13)14(18)16-9-5-6-17(8-9)10-1-2-10/h3-4,7,9-10,19H,1-2,5-6,8H2,(H,16,18). The third kappa shape index (κ3) is 3.15. The van der Waals surface area contributed by atoms with Crippen molar-refractivity contribution in [1.82, 2.24) is 10.2 Å².